The van der Waals surface area contributed by atoms with Crippen LogP contribution >= 0.6 is 15.9 Å². The van der Waals surface area contributed by atoms with E-state index < -0.39 is 4.92 Å². The van der Waals surface area contributed by atoms with Gasteiger partial charge in [-0.3, -0.25) is 15.4 Å². The van der Waals surface area contributed by atoms with E-state index in [0.717, 1.165) is 12.0 Å². The molecule has 1 rings (SSSR count). The average Bonchev–Trinajstić information content (AvgIpc) is 2.32. The number of hydrogen-bond acceptors (Lipinski definition) is 3. The second-order valence-corrected chi connectivity index (χ2v) is 4.31. The summed E-state index contributed by atoms with van der Waals surface area (Å²) in [6.45, 7) is 2.49. The highest BCUT2D eigenvalue weighted by atomic mass is 79.9. The molecule has 0 aromatic heterocycles. The van der Waals surface area contributed by atoms with Gasteiger partial charge in [-0.1, -0.05) is 25.0 Å². The van der Waals surface area contributed by atoms with Crippen LogP contribution in [0.15, 0.2) is 22.7 Å². The van der Waals surface area contributed by atoms with Gasteiger partial charge in [0.15, 0.2) is 0 Å². The van der Waals surface area contributed by atoms with Gasteiger partial charge < -0.3 is 0 Å². The largest absolute Gasteiger partial charge is 0.300 e. The minimum Gasteiger partial charge on any atom is -0.300 e. The molecule has 1 aromatic carbocycles. The van der Waals surface area contributed by atoms with Gasteiger partial charge in [0.2, 0.25) is 0 Å². The van der Waals surface area contributed by atoms with Crippen LogP contribution in [0.2, 0.25) is 0 Å². The first-order valence-electron chi connectivity index (χ1n) is 5.21. The fraction of sp³-hybridized carbons (Fsp3) is 0.333. The minimum atomic E-state index is -0.411. The predicted molar refractivity (Wildman–Crippen MR) is 70.5 cm³/mol. The van der Waals surface area contributed by atoms with Gasteiger partial charge in [-0.15, -0.1) is 6.42 Å². The zero-order valence-corrected chi connectivity index (χ0v) is 11.0. The molecular weight excluding hydrogens is 284 g/mol. The van der Waals surface area contributed by atoms with Crippen LogP contribution in [-0.4, -0.2) is 11.0 Å². The molecule has 0 fully saturated rings. The van der Waals surface area contributed by atoms with Crippen molar-refractivity contribution in [1.29, 1.82) is 0 Å². The SMILES string of the molecule is C#CC(CC)NCc1cccc([N+](=O)[O-])c1Br. The third-order valence-electron chi connectivity index (χ3n) is 2.40. The van der Waals surface area contributed by atoms with Crippen LogP contribution in [-0.2, 0) is 6.54 Å². The molecule has 0 radical (unpaired) electrons. The molecule has 0 spiro atoms. The molecule has 0 amide bonds. The molecule has 1 atom stereocenters. The van der Waals surface area contributed by atoms with Crippen molar-refractivity contribution >= 4 is 21.6 Å². The molecule has 5 heteroatoms. The Morgan fingerprint density at radius 2 is 2.35 bits per heavy atom. The molecule has 1 unspecified atom stereocenters. The van der Waals surface area contributed by atoms with Crippen LogP contribution in [0.1, 0.15) is 18.9 Å². The monoisotopic (exact) mass is 296 g/mol. The van der Waals surface area contributed by atoms with E-state index >= 15 is 0 Å². The first kappa shape index (κ1) is 13.7. The third kappa shape index (κ3) is 3.55. The summed E-state index contributed by atoms with van der Waals surface area (Å²) < 4.78 is 0.504. The Labute approximate surface area is 109 Å². The maximum absolute atomic E-state index is 10.7. The number of halogens is 1. The summed E-state index contributed by atoms with van der Waals surface area (Å²) in [6.07, 6.45) is 6.15. The van der Waals surface area contributed by atoms with Crippen molar-refractivity contribution in [3.8, 4) is 12.3 Å². The van der Waals surface area contributed by atoms with E-state index in [1.54, 1.807) is 6.07 Å². The molecule has 17 heavy (non-hydrogen) atoms. The highest BCUT2D eigenvalue weighted by molar-refractivity contribution is 9.10. The minimum absolute atomic E-state index is 0.0128. The van der Waals surface area contributed by atoms with Crippen molar-refractivity contribution < 1.29 is 4.92 Å². The summed E-state index contributed by atoms with van der Waals surface area (Å²) in [5.41, 5.74) is 0.894. The van der Waals surface area contributed by atoms with E-state index in [2.05, 4.69) is 27.2 Å². The number of hydrogen-bond donors (Lipinski definition) is 1. The van der Waals surface area contributed by atoms with E-state index in [-0.39, 0.29) is 11.7 Å². The second kappa shape index (κ2) is 6.38. The highest BCUT2D eigenvalue weighted by Gasteiger charge is 2.14. The molecule has 90 valence electrons. The van der Waals surface area contributed by atoms with Crippen LogP contribution in [0.3, 0.4) is 0 Å². The Kier molecular flexibility index (Phi) is 5.13. The van der Waals surface area contributed by atoms with E-state index in [0.29, 0.717) is 11.0 Å². The van der Waals surface area contributed by atoms with Crippen molar-refractivity contribution in [2.75, 3.05) is 0 Å². The van der Waals surface area contributed by atoms with Gasteiger partial charge in [-0.2, -0.15) is 0 Å². The lowest BCUT2D eigenvalue weighted by Gasteiger charge is -2.11. The van der Waals surface area contributed by atoms with Gasteiger partial charge in [-0.25, -0.2) is 0 Å². The number of nitrogens with one attached hydrogen (secondary N) is 1. The molecular formula is C12H13BrN2O2. The van der Waals surface area contributed by atoms with Crippen molar-refractivity contribution in [1.82, 2.24) is 5.32 Å². The topological polar surface area (TPSA) is 55.2 Å². The zero-order chi connectivity index (χ0) is 12.8. The zero-order valence-electron chi connectivity index (χ0n) is 9.44. The Bertz CT molecular complexity index is 454. The normalized spacial score (nSPS) is 11.8. The lowest BCUT2D eigenvalue weighted by Crippen LogP contribution is -2.26. The van der Waals surface area contributed by atoms with E-state index in [9.17, 15) is 10.1 Å². The van der Waals surface area contributed by atoms with Gasteiger partial charge in [0.05, 0.1) is 15.4 Å². The standard InChI is InChI=1S/C12H13BrN2O2/c1-3-10(4-2)14-8-9-6-5-7-11(12(9)13)15(16)17/h1,5-7,10,14H,4,8H2,2H3. The van der Waals surface area contributed by atoms with Gasteiger partial charge in [0.1, 0.15) is 0 Å². The molecule has 0 saturated heterocycles. The molecule has 0 saturated carbocycles. The van der Waals surface area contributed by atoms with Crippen molar-refractivity contribution in [3.63, 3.8) is 0 Å². The van der Waals surface area contributed by atoms with Crippen molar-refractivity contribution in [2.45, 2.75) is 25.9 Å². The van der Waals surface area contributed by atoms with Gasteiger partial charge in [0, 0.05) is 12.6 Å². The Balaban J connectivity index is 2.82. The van der Waals surface area contributed by atoms with Gasteiger partial charge in [-0.05, 0) is 27.9 Å². The van der Waals surface area contributed by atoms with Gasteiger partial charge in [0.25, 0.3) is 5.69 Å². The Hall–Kier alpha value is -1.38. The van der Waals surface area contributed by atoms with Crippen LogP contribution in [0.4, 0.5) is 5.69 Å². The number of rotatable bonds is 5. The second-order valence-electron chi connectivity index (χ2n) is 3.52. The van der Waals surface area contributed by atoms with E-state index in [1.807, 2.05) is 13.0 Å². The maximum Gasteiger partial charge on any atom is 0.283 e. The number of nitrogens with zero attached hydrogens (tertiary/aromatic N) is 1. The number of nitro groups is 1. The first-order valence-corrected chi connectivity index (χ1v) is 6.00. The number of benzene rings is 1. The highest BCUT2D eigenvalue weighted by Crippen LogP contribution is 2.28. The third-order valence-corrected chi connectivity index (χ3v) is 3.32. The summed E-state index contributed by atoms with van der Waals surface area (Å²) in [5, 5.41) is 13.9. The average molecular weight is 297 g/mol. The van der Waals surface area contributed by atoms with Crippen LogP contribution in [0.25, 0.3) is 0 Å². The lowest BCUT2D eigenvalue weighted by molar-refractivity contribution is -0.385. The molecule has 1 N–H and O–H groups in total. The molecule has 1 aromatic rings. The summed E-state index contributed by atoms with van der Waals surface area (Å²) in [5.74, 6) is 2.62. The molecule has 0 aliphatic heterocycles. The summed E-state index contributed by atoms with van der Waals surface area (Å²) in [6, 6.07) is 4.94. The van der Waals surface area contributed by atoms with E-state index in [4.69, 9.17) is 6.42 Å². The van der Waals surface area contributed by atoms with Crippen molar-refractivity contribution in [3.05, 3.63) is 38.3 Å². The molecule has 4 nitrogen and oxygen atoms in total. The maximum atomic E-state index is 10.7. The van der Waals surface area contributed by atoms with Crippen LogP contribution < -0.4 is 5.32 Å². The van der Waals surface area contributed by atoms with Gasteiger partial charge >= 0.3 is 0 Å². The fourth-order valence-electron chi connectivity index (χ4n) is 1.40. The quantitative estimate of drug-likeness (QED) is 0.516. The smallest absolute Gasteiger partial charge is 0.283 e. The summed E-state index contributed by atoms with van der Waals surface area (Å²) in [4.78, 5) is 10.3. The van der Waals surface area contributed by atoms with E-state index in [1.165, 1.54) is 6.07 Å². The molecule has 0 aliphatic carbocycles. The number of terminal acetylenes is 1. The lowest BCUT2D eigenvalue weighted by atomic mass is 10.1. The molecule has 0 aliphatic rings. The number of nitro benzene ring substituents is 1. The van der Waals surface area contributed by atoms with Crippen molar-refractivity contribution in [2.24, 2.45) is 0 Å². The predicted octanol–water partition coefficient (Wildman–Crippen LogP) is 2.86. The molecule has 0 heterocycles. The Morgan fingerprint density at radius 3 is 2.88 bits per heavy atom. The van der Waals surface area contributed by atoms with Crippen LogP contribution in [0.5, 0.6) is 0 Å². The summed E-state index contributed by atoms with van der Waals surface area (Å²) in [7, 11) is 0. The molecule has 0 bridgehead atoms. The summed E-state index contributed by atoms with van der Waals surface area (Å²) >= 11 is 3.24. The first-order chi connectivity index (χ1) is 8.10. The Morgan fingerprint density at radius 1 is 1.65 bits per heavy atom. The fourth-order valence-corrected chi connectivity index (χ4v) is 1.95. The van der Waals surface area contributed by atoms with Crippen LogP contribution in [0, 0.1) is 22.5 Å².